The Bertz CT molecular complexity index is 419. The summed E-state index contributed by atoms with van der Waals surface area (Å²) >= 11 is 3.59. The predicted molar refractivity (Wildman–Crippen MR) is 80.7 cm³/mol. The minimum atomic E-state index is -0.151. The predicted octanol–water partition coefficient (Wildman–Crippen LogP) is 3.58. The zero-order valence-electron chi connectivity index (χ0n) is 11.6. The van der Waals surface area contributed by atoms with E-state index in [9.17, 15) is 4.39 Å². The maximum atomic E-state index is 13.6. The van der Waals surface area contributed by atoms with E-state index in [1.54, 1.807) is 6.07 Å². The third-order valence-electron chi connectivity index (χ3n) is 4.00. The van der Waals surface area contributed by atoms with Gasteiger partial charge in [0.2, 0.25) is 0 Å². The molecule has 1 heterocycles. The molecular weight excluding hydrogens is 307 g/mol. The van der Waals surface area contributed by atoms with Gasteiger partial charge in [0.15, 0.2) is 0 Å². The number of halogens is 2. The van der Waals surface area contributed by atoms with Crippen molar-refractivity contribution in [3.63, 3.8) is 0 Å². The molecule has 1 N–H and O–H groups in total. The zero-order valence-corrected chi connectivity index (χ0v) is 13.2. The molecule has 0 spiro atoms. The molecule has 106 valence electrons. The Balaban J connectivity index is 2.33. The number of hydrogen-bond donors (Lipinski definition) is 1. The van der Waals surface area contributed by atoms with Crippen LogP contribution in [0.5, 0.6) is 0 Å². The first-order chi connectivity index (χ1) is 9.13. The third-order valence-corrected chi connectivity index (χ3v) is 4.73. The lowest BCUT2D eigenvalue weighted by atomic mass is 9.90. The average Bonchev–Trinajstić information content (AvgIpc) is 2.44. The first-order valence-corrected chi connectivity index (χ1v) is 7.82. The van der Waals surface area contributed by atoms with Crippen LogP contribution in [0.15, 0.2) is 22.7 Å². The van der Waals surface area contributed by atoms with E-state index >= 15 is 0 Å². The average molecular weight is 329 g/mol. The van der Waals surface area contributed by atoms with E-state index in [2.05, 4.69) is 40.0 Å². The summed E-state index contributed by atoms with van der Waals surface area (Å²) in [6.45, 7) is 8.53. The van der Waals surface area contributed by atoms with Crippen LogP contribution in [0.1, 0.15) is 31.9 Å². The van der Waals surface area contributed by atoms with Gasteiger partial charge in [-0.05, 0) is 29.7 Å². The number of rotatable bonds is 4. The van der Waals surface area contributed by atoms with Gasteiger partial charge in [-0.25, -0.2) is 4.39 Å². The van der Waals surface area contributed by atoms with Gasteiger partial charge in [0.05, 0.1) is 0 Å². The Morgan fingerprint density at radius 1 is 1.37 bits per heavy atom. The van der Waals surface area contributed by atoms with Crippen molar-refractivity contribution in [2.75, 3.05) is 26.2 Å². The molecule has 1 aliphatic rings. The van der Waals surface area contributed by atoms with Crippen molar-refractivity contribution in [2.24, 2.45) is 5.92 Å². The molecule has 2 atom stereocenters. The van der Waals surface area contributed by atoms with Crippen LogP contribution in [0.25, 0.3) is 0 Å². The summed E-state index contributed by atoms with van der Waals surface area (Å²) in [5.74, 6) is 0.359. The van der Waals surface area contributed by atoms with E-state index in [0.29, 0.717) is 5.92 Å². The molecule has 1 aromatic rings. The van der Waals surface area contributed by atoms with E-state index in [-0.39, 0.29) is 11.9 Å². The molecule has 0 radical (unpaired) electrons. The molecule has 4 heteroatoms. The lowest BCUT2D eigenvalue weighted by molar-refractivity contribution is 0.128. The van der Waals surface area contributed by atoms with Gasteiger partial charge in [0.1, 0.15) is 5.82 Å². The van der Waals surface area contributed by atoms with E-state index in [1.165, 1.54) is 6.07 Å². The normalized spacial score (nSPS) is 20.2. The Kier molecular flexibility index (Phi) is 5.37. The van der Waals surface area contributed by atoms with Crippen LogP contribution in [-0.2, 0) is 0 Å². The van der Waals surface area contributed by atoms with Gasteiger partial charge in [0.25, 0.3) is 0 Å². The van der Waals surface area contributed by atoms with E-state index < -0.39 is 0 Å². The highest BCUT2D eigenvalue weighted by molar-refractivity contribution is 9.10. The molecular formula is C15H22BrFN2. The summed E-state index contributed by atoms with van der Waals surface area (Å²) < 4.78 is 14.6. The summed E-state index contributed by atoms with van der Waals surface area (Å²) in [6.07, 6.45) is 1.09. The minimum Gasteiger partial charge on any atom is -0.314 e. The van der Waals surface area contributed by atoms with Gasteiger partial charge in [-0.3, -0.25) is 4.90 Å². The number of nitrogens with one attached hydrogen (secondary N) is 1. The summed E-state index contributed by atoms with van der Waals surface area (Å²) in [6, 6.07) is 5.31. The van der Waals surface area contributed by atoms with Crippen LogP contribution >= 0.6 is 15.9 Å². The monoisotopic (exact) mass is 328 g/mol. The number of benzene rings is 1. The standard InChI is InChI=1S/C15H22BrFN2/c1-3-11(2)15(19-8-6-18-7-9-19)13-10-12(17)4-5-14(13)16/h4-5,10-11,15,18H,3,6-9H2,1-2H3/t11?,15-/m0/s1. The SMILES string of the molecule is CCC(C)[C@@H](c1cc(F)ccc1Br)N1CCNCC1. The third kappa shape index (κ3) is 3.56. The van der Waals surface area contributed by atoms with Gasteiger partial charge >= 0.3 is 0 Å². The fourth-order valence-corrected chi connectivity index (χ4v) is 3.27. The van der Waals surface area contributed by atoms with Crippen molar-refractivity contribution in [3.8, 4) is 0 Å². The van der Waals surface area contributed by atoms with Gasteiger partial charge in [-0.2, -0.15) is 0 Å². The van der Waals surface area contributed by atoms with E-state index in [1.807, 2.05) is 6.07 Å². The van der Waals surface area contributed by atoms with Crippen LogP contribution in [0, 0.1) is 11.7 Å². The van der Waals surface area contributed by atoms with Gasteiger partial charge < -0.3 is 5.32 Å². The molecule has 1 fully saturated rings. The van der Waals surface area contributed by atoms with E-state index in [4.69, 9.17) is 0 Å². The fourth-order valence-electron chi connectivity index (χ4n) is 2.79. The molecule has 1 unspecified atom stereocenters. The highest BCUT2D eigenvalue weighted by atomic mass is 79.9. The van der Waals surface area contributed by atoms with Crippen LogP contribution in [0.2, 0.25) is 0 Å². The molecule has 0 aliphatic carbocycles. The van der Waals surface area contributed by atoms with Crippen molar-refractivity contribution >= 4 is 15.9 Å². The Hall–Kier alpha value is -0.450. The van der Waals surface area contributed by atoms with Gasteiger partial charge in [0, 0.05) is 36.7 Å². The Labute approximate surface area is 123 Å². The van der Waals surface area contributed by atoms with Crippen molar-refractivity contribution in [1.82, 2.24) is 10.2 Å². The maximum Gasteiger partial charge on any atom is 0.123 e. The van der Waals surface area contributed by atoms with Crippen molar-refractivity contribution < 1.29 is 4.39 Å². The van der Waals surface area contributed by atoms with E-state index in [0.717, 1.165) is 42.6 Å². The summed E-state index contributed by atoms with van der Waals surface area (Å²) in [7, 11) is 0. The second kappa shape index (κ2) is 6.82. The van der Waals surface area contributed by atoms with Crippen molar-refractivity contribution in [2.45, 2.75) is 26.3 Å². The fraction of sp³-hybridized carbons (Fsp3) is 0.600. The summed E-state index contributed by atoms with van der Waals surface area (Å²) in [4.78, 5) is 2.48. The Morgan fingerprint density at radius 3 is 2.68 bits per heavy atom. The number of piperazine rings is 1. The molecule has 2 rings (SSSR count). The molecule has 0 bridgehead atoms. The maximum absolute atomic E-state index is 13.6. The van der Waals surface area contributed by atoms with Gasteiger partial charge in [-0.15, -0.1) is 0 Å². The quantitative estimate of drug-likeness (QED) is 0.908. The molecule has 2 nitrogen and oxygen atoms in total. The van der Waals surface area contributed by atoms with Gasteiger partial charge in [-0.1, -0.05) is 36.2 Å². The summed E-state index contributed by atoms with van der Waals surface area (Å²) in [5, 5.41) is 3.38. The lowest BCUT2D eigenvalue weighted by Crippen LogP contribution is -2.46. The number of hydrogen-bond acceptors (Lipinski definition) is 2. The Morgan fingerprint density at radius 2 is 2.05 bits per heavy atom. The second-order valence-corrected chi connectivity index (χ2v) is 6.14. The molecule has 0 amide bonds. The zero-order chi connectivity index (χ0) is 13.8. The first kappa shape index (κ1) is 14.9. The minimum absolute atomic E-state index is 0.151. The molecule has 0 saturated carbocycles. The topological polar surface area (TPSA) is 15.3 Å². The molecule has 1 aromatic carbocycles. The highest BCUT2D eigenvalue weighted by Crippen LogP contribution is 2.35. The van der Waals surface area contributed by atoms with Crippen LogP contribution in [-0.4, -0.2) is 31.1 Å². The number of nitrogens with zero attached hydrogens (tertiary/aromatic N) is 1. The largest absolute Gasteiger partial charge is 0.314 e. The van der Waals surface area contributed by atoms with Crippen molar-refractivity contribution in [3.05, 3.63) is 34.1 Å². The molecule has 1 saturated heterocycles. The second-order valence-electron chi connectivity index (χ2n) is 5.28. The highest BCUT2D eigenvalue weighted by Gasteiger charge is 2.28. The van der Waals surface area contributed by atoms with Crippen molar-refractivity contribution in [1.29, 1.82) is 0 Å². The molecule has 1 aliphatic heterocycles. The molecule has 0 aromatic heterocycles. The summed E-state index contributed by atoms with van der Waals surface area (Å²) in [5.41, 5.74) is 1.08. The van der Waals surface area contributed by atoms with Crippen LogP contribution in [0.4, 0.5) is 4.39 Å². The van der Waals surface area contributed by atoms with Crippen LogP contribution < -0.4 is 5.32 Å². The molecule has 19 heavy (non-hydrogen) atoms. The first-order valence-electron chi connectivity index (χ1n) is 7.03. The van der Waals surface area contributed by atoms with Crippen LogP contribution in [0.3, 0.4) is 0 Å². The lowest BCUT2D eigenvalue weighted by Gasteiger charge is -2.39. The smallest absolute Gasteiger partial charge is 0.123 e.